The van der Waals surface area contributed by atoms with Gasteiger partial charge in [-0.05, 0) is 25.5 Å². The molecule has 1 aromatic carbocycles. The van der Waals surface area contributed by atoms with Gasteiger partial charge in [0.1, 0.15) is 5.01 Å². The molecule has 0 spiro atoms. The maximum absolute atomic E-state index is 11.6. The number of nitrogens with zero attached hydrogens (tertiary/aromatic N) is 2. The van der Waals surface area contributed by atoms with Gasteiger partial charge in [-0.2, -0.15) is 0 Å². The van der Waals surface area contributed by atoms with E-state index in [9.17, 15) is 4.79 Å². The van der Waals surface area contributed by atoms with Crippen molar-refractivity contribution < 1.29 is 4.79 Å². The van der Waals surface area contributed by atoms with Crippen LogP contribution in [0.5, 0.6) is 0 Å². The van der Waals surface area contributed by atoms with Crippen molar-refractivity contribution in [2.24, 2.45) is 0 Å². The lowest BCUT2D eigenvalue weighted by Gasteiger charge is -1.96. The van der Waals surface area contributed by atoms with Crippen LogP contribution in [0.25, 0.3) is 6.08 Å². The van der Waals surface area contributed by atoms with E-state index in [0.717, 1.165) is 10.6 Å². The molecule has 2 aromatic rings. The van der Waals surface area contributed by atoms with Crippen LogP contribution in [-0.2, 0) is 4.79 Å². The summed E-state index contributed by atoms with van der Waals surface area (Å²) in [5.74, 6) is -0.202. The minimum atomic E-state index is -0.202. The lowest BCUT2D eigenvalue weighted by atomic mass is 10.1. The van der Waals surface area contributed by atoms with Gasteiger partial charge in [-0.3, -0.25) is 10.1 Å². The van der Waals surface area contributed by atoms with Gasteiger partial charge in [0.05, 0.1) is 0 Å². The second-order valence-electron chi connectivity index (χ2n) is 3.86. The Balaban J connectivity index is 1.96. The number of nitrogens with one attached hydrogen (secondary N) is 1. The first-order valence-corrected chi connectivity index (χ1v) is 6.31. The summed E-state index contributed by atoms with van der Waals surface area (Å²) in [6, 6.07) is 7.94. The molecule has 1 heterocycles. The zero-order chi connectivity index (χ0) is 13.0. The lowest BCUT2D eigenvalue weighted by molar-refractivity contribution is -0.111. The van der Waals surface area contributed by atoms with Crippen LogP contribution >= 0.6 is 11.3 Å². The second-order valence-corrected chi connectivity index (χ2v) is 5.04. The summed E-state index contributed by atoms with van der Waals surface area (Å²) in [6.45, 7) is 3.87. The minimum Gasteiger partial charge on any atom is -0.297 e. The fourth-order valence-electron chi connectivity index (χ4n) is 1.34. The molecule has 0 unspecified atom stereocenters. The van der Waals surface area contributed by atoms with Gasteiger partial charge in [0.15, 0.2) is 0 Å². The monoisotopic (exact) mass is 259 g/mol. The van der Waals surface area contributed by atoms with Gasteiger partial charge in [0, 0.05) is 6.08 Å². The topological polar surface area (TPSA) is 54.9 Å². The summed E-state index contributed by atoms with van der Waals surface area (Å²) < 4.78 is 0. The molecule has 4 nitrogen and oxygen atoms in total. The summed E-state index contributed by atoms with van der Waals surface area (Å²) in [4.78, 5) is 11.6. The van der Waals surface area contributed by atoms with Crippen LogP contribution in [0.3, 0.4) is 0 Å². The zero-order valence-electron chi connectivity index (χ0n) is 10.2. The molecule has 18 heavy (non-hydrogen) atoms. The first-order chi connectivity index (χ1) is 8.63. The molecule has 0 radical (unpaired) electrons. The van der Waals surface area contributed by atoms with Crippen LogP contribution in [0.2, 0.25) is 0 Å². The van der Waals surface area contributed by atoms with E-state index in [4.69, 9.17) is 0 Å². The van der Waals surface area contributed by atoms with E-state index in [1.54, 1.807) is 6.08 Å². The number of hydrogen-bond acceptors (Lipinski definition) is 4. The Labute approximate surface area is 109 Å². The van der Waals surface area contributed by atoms with Gasteiger partial charge in [-0.15, -0.1) is 10.2 Å². The number of hydrogen-bond donors (Lipinski definition) is 1. The van der Waals surface area contributed by atoms with Gasteiger partial charge in [0.25, 0.3) is 0 Å². The van der Waals surface area contributed by atoms with E-state index in [2.05, 4.69) is 15.5 Å². The highest BCUT2D eigenvalue weighted by molar-refractivity contribution is 7.15. The molecule has 5 heteroatoms. The summed E-state index contributed by atoms with van der Waals surface area (Å²) in [6.07, 6.45) is 3.25. The Hall–Kier alpha value is -2.01. The van der Waals surface area contributed by atoms with Crippen LogP contribution in [-0.4, -0.2) is 16.1 Å². The predicted molar refractivity (Wildman–Crippen MR) is 73.5 cm³/mol. The highest BCUT2D eigenvalue weighted by Gasteiger charge is 2.02. The van der Waals surface area contributed by atoms with Gasteiger partial charge < -0.3 is 0 Å². The third kappa shape index (κ3) is 3.49. The third-order valence-corrected chi connectivity index (χ3v) is 3.01. The smallest absolute Gasteiger partial charge is 0.250 e. The molecular formula is C13H13N3OS. The first kappa shape index (κ1) is 12.4. The van der Waals surface area contributed by atoms with Gasteiger partial charge in [-0.1, -0.05) is 41.2 Å². The van der Waals surface area contributed by atoms with Crippen LogP contribution in [0.1, 0.15) is 16.1 Å². The molecule has 1 amide bonds. The zero-order valence-corrected chi connectivity index (χ0v) is 11.0. The molecule has 0 fully saturated rings. The minimum absolute atomic E-state index is 0.202. The summed E-state index contributed by atoms with van der Waals surface area (Å²) in [5.41, 5.74) is 2.19. The molecule has 1 N–H and O–H groups in total. The Morgan fingerprint density at radius 1 is 1.22 bits per heavy atom. The fourth-order valence-corrected chi connectivity index (χ4v) is 1.94. The molecule has 0 saturated heterocycles. The molecule has 0 bridgehead atoms. The quantitative estimate of drug-likeness (QED) is 0.862. The van der Waals surface area contributed by atoms with Crippen LogP contribution < -0.4 is 5.32 Å². The van der Waals surface area contributed by atoms with E-state index in [1.165, 1.54) is 23.0 Å². The molecule has 0 atom stereocenters. The van der Waals surface area contributed by atoms with Crippen LogP contribution in [0.4, 0.5) is 5.13 Å². The first-order valence-electron chi connectivity index (χ1n) is 5.49. The van der Waals surface area contributed by atoms with Crippen LogP contribution in [0, 0.1) is 13.8 Å². The normalized spacial score (nSPS) is 10.8. The van der Waals surface area contributed by atoms with E-state index in [1.807, 2.05) is 38.1 Å². The van der Waals surface area contributed by atoms with E-state index in [-0.39, 0.29) is 5.91 Å². The number of aryl methyl sites for hydroxylation is 2. The van der Waals surface area contributed by atoms with Crippen molar-refractivity contribution in [2.75, 3.05) is 5.32 Å². The average Bonchev–Trinajstić information content (AvgIpc) is 2.74. The van der Waals surface area contributed by atoms with Crippen molar-refractivity contribution in [3.05, 3.63) is 46.5 Å². The molecule has 0 aliphatic carbocycles. The summed E-state index contributed by atoms with van der Waals surface area (Å²) in [7, 11) is 0. The highest BCUT2D eigenvalue weighted by atomic mass is 32.1. The Morgan fingerprint density at radius 2 is 1.94 bits per heavy atom. The number of aromatic nitrogens is 2. The van der Waals surface area contributed by atoms with Crippen molar-refractivity contribution in [3.63, 3.8) is 0 Å². The summed E-state index contributed by atoms with van der Waals surface area (Å²) in [5, 5.41) is 11.7. The van der Waals surface area contributed by atoms with E-state index in [0.29, 0.717) is 5.13 Å². The molecule has 92 valence electrons. The predicted octanol–water partition coefficient (Wildman–Crippen LogP) is 2.81. The van der Waals surface area contributed by atoms with Crippen molar-refractivity contribution in [1.29, 1.82) is 0 Å². The Bertz CT molecular complexity index is 572. The number of amides is 1. The fraction of sp³-hybridized carbons (Fsp3) is 0.154. The maximum Gasteiger partial charge on any atom is 0.250 e. The van der Waals surface area contributed by atoms with Crippen molar-refractivity contribution >= 4 is 28.5 Å². The number of carbonyl (C=O) groups excluding carboxylic acids is 1. The largest absolute Gasteiger partial charge is 0.297 e. The molecule has 1 aromatic heterocycles. The van der Waals surface area contributed by atoms with Crippen LogP contribution in [0.15, 0.2) is 30.3 Å². The molecular weight excluding hydrogens is 246 g/mol. The maximum atomic E-state index is 11.6. The van der Waals surface area contributed by atoms with E-state index >= 15 is 0 Å². The standard InChI is InChI=1S/C13H13N3OS/c1-9-3-5-11(6-4-9)7-8-12(17)14-13-16-15-10(2)18-13/h3-8H,1-2H3,(H,14,16,17)/b8-7+. The summed E-state index contributed by atoms with van der Waals surface area (Å²) >= 11 is 1.35. The molecule has 0 aliphatic rings. The third-order valence-electron chi connectivity index (χ3n) is 2.26. The van der Waals surface area contributed by atoms with Crippen molar-refractivity contribution in [3.8, 4) is 0 Å². The number of anilines is 1. The lowest BCUT2D eigenvalue weighted by Crippen LogP contribution is -2.07. The number of carbonyl (C=O) groups is 1. The number of rotatable bonds is 3. The van der Waals surface area contributed by atoms with Gasteiger partial charge >= 0.3 is 0 Å². The average molecular weight is 259 g/mol. The highest BCUT2D eigenvalue weighted by Crippen LogP contribution is 2.13. The second kappa shape index (κ2) is 5.55. The van der Waals surface area contributed by atoms with Gasteiger partial charge in [0.2, 0.25) is 11.0 Å². The number of benzene rings is 1. The SMILES string of the molecule is Cc1ccc(/C=C/C(=O)Nc2nnc(C)s2)cc1. The van der Waals surface area contributed by atoms with Crippen molar-refractivity contribution in [2.45, 2.75) is 13.8 Å². The van der Waals surface area contributed by atoms with Crippen molar-refractivity contribution in [1.82, 2.24) is 10.2 Å². The molecule has 0 saturated carbocycles. The Morgan fingerprint density at radius 3 is 2.56 bits per heavy atom. The Kier molecular flexibility index (Phi) is 3.84. The molecule has 0 aliphatic heterocycles. The van der Waals surface area contributed by atoms with E-state index < -0.39 is 0 Å². The molecule has 2 rings (SSSR count). The van der Waals surface area contributed by atoms with Gasteiger partial charge in [-0.25, -0.2) is 0 Å².